The number of nitrogens with zero attached hydrogens (tertiary/aromatic N) is 2. The van der Waals surface area contributed by atoms with Crippen molar-refractivity contribution in [1.82, 2.24) is 9.88 Å². The number of aromatic nitrogens is 1. The van der Waals surface area contributed by atoms with Crippen LogP contribution in [-0.4, -0.2) is 22.3 Å². The number of carbonyl (C=O) groups excluding carboxylic acids is 1. The SMILES string of the molecule is Cl.Nc1ccc(C(=O)N2CCCC2c2cccnc2)c(Cl)c1. The monoisotopic (exact) mass is 337 g/mol. The van der Waals surface area contributed by atoms with E-state index in [1.54, 1.807) is 24.4 Å². The first kappa shape index (κ1) is 16.6. The van der Waals surface area contributed by atoms with Crippen LogP contribution in [-0.2, 0) is 0 Å². The number of nitrogens with two attached hydrogens (primary N) is 1. The van der Waals surface area contributed by atoms with E-state index >= 15 is 0 Å². The zero-order valence-electron chi connectivity index (χ0n) is 11.9. The number of pyridine rings is 1. The number of hydrogen-bond donors (Lipinski definition) is 1. The number of anilines is 1. The maximum absolute atomic E-state index is 12.7. The van der Waals surface area contributed by atoms with Crippen LogP contribution in [0.3, 0.4) is 0 Å². The molecule has 4 nitrogen and oxygen atoms in total. The Balaban J connectivity index is 0.00000176. The standard InChI is InChI=1S/C16H16ClN3O.ClH/c17-14-9-12(18)5-6-13(14)16(21)20-8-2-4-15(20)11-3-1-7-19-10-11;/h1,3,5-7,9-10,15H,2,4,8,18H2;1H. The molecule has 0 spiro atoms. The van der Waals surface area contributed by atoms with Gasteiger partial charge < -0.3 is 10.6 Å². The summed E-state index contributed by atoms with van der Waals surface area (Å²) in [5, 5.41) is 0.400. The molecule has 1 aliphatic heterocycles. The van der Waals surface area contributed by atoms with E-state index in [1.807, 2.05) is 23.2 Å². The molecule has 1 unspecified atom stereocenters. The molecule has 3 rings (SSSR count). The summed E-state index contributed by atoms with van der Waals surface area (Å²) in [5.41, 5.74) is 7.81. The molecule has 1 fully saturated rings. The average Bonchev–Trinajstić information content (AvgIpc) is 2.97. The number of nitrogen functional groups attached to an aromatic ring is 1. The summed E-state index contributed by atoms with van der Waals surface area (Å²) in [4.78, 5) is 18.8. The summed E-state index contributed by atoms with van der Waals surface area (Å²) in [6, 6.07) is 8.98. The van der Waals surface area contributed by atoms with Gasteiger partial charge in [0.2, 0.25) is 0 Å². The van der Waals surface area contributed by atoms with Crippen LogP contribution < -0.4 is 5.73 Å². The number of carbonyl (C=O) groups is 1. The summed E-state index contributed by atoms with van der Waals surface area (Å²) < 4.78 is 0. The highest BCUT2D eigenvalue weighted by Crippen LogP contribution is 2.34. The van der Waals surface area contributed by atoms with Gasteiger partial charge >= 0.3 is 0 Å². The quantitative estimate of drug-likeness (QED) is 0.849. The minimum Gasteiger partial charge on any atom is -0.399 e. The highest BCUT2D eigenvalue weighted by Gasteiger charge is 2.31. The Morgan fingerprint density at radius 3 is 2.86 bits per heavy atom. The van der Waals surface area contributed by atoms with Crippen molar-refractivity contribution in [3.63, 3.8) is 0 Å². The zero-order valence-corrected chi connectivity index (χ0v) is 13.5. The summed E-state index contributed by atoms with van der Waals surface area (Å²) in [7, 11) is 0. The minimum atomic E-state index is -0.0497. The molecule has 22 heavy (non-hydrogen) atoms. The van der Waals surface area contributed by atoms with Crippen molar-refractivity contribution in [2.45, 2.75) is 18.9 Å². The molecule has 116 valence electrons. The predicted octanol–water partition coefficient (Wildman–Crippen LogP) is 3.72. The van der Waals surface area contributed by atoms with Crippen molar-refractivity contribution in [2.75, 3.05) is 12.3 Å². The number of rotatable bonds is 2. The van der Waals surface area contributed by atoms with Crippen LogP contribution in [0.25, 0.3) is 0 Å². The first-order valence-electron chi connectivity index (χ1n) is 6.93. The molecular formula is C16H17Cl2N3O. The molecule has 1 aromatic carbocycles. The van der Waals surface area contributed by atoms with Crippen LogP contribution in [0.2, 0.25) is 5.02 Å². The van der Waals surface area contributed by atoms with Gasteiger partial charge in [0.05, 0.1) is 16.6 Å². The van der Waals surface area contributed by atoms with E-state index in [0.717, 1.165) is 24.9 Å². The van der Waals surface area contributed by atoms with E-state index in [9.17, 15) is 4.79 Å². The molecule has 2 aromatic rings. The van der Waals surface area contributed by atoms with Crippen molar-refractivity contribution in [1.29, 1.82) is 0 Å². The Morgan fingerprint density at radius 2 is 2.18 bits per heavy atom. The first-order valence-corrected chi connectivity index (χ1v) is 7.30. The topological polar surface area (TPSA) is 59.2 Å². The number of likely N-dealkylation sites (tertiary alicyclic amines) is 1. The fourth-order valence-corrected chi connectivity index (χ4v) is 3.06. The molecular weight excluding hydrogens is 321 g/mol. The zero-order chi connectivity index (χ0) is 14.8. The number of benzene rings is 1. The Labute approximate surface area is 140 Å². The summed E-state index contributed by atoms with van der Waals surface area (Å²) in [6.45, 7) is 0.735. The molecule has 2 heterocycles. The van der Waals surface area contributed by atoms with Gasteiger partial charge in [-0.25, -0.2) is 0 Å². The first-order chi connectivity index (χ1) is 10.2. The van der Waals surface area contributed by atoms with Crippen LogP contribution in [0.5, 0.6) is 0 Å². The fourth-order valence-electron chi connectivity index (χ4n) is 2.79. The third-order valence-corrected chi connectivity index (χ3v) is 4.12. The van der Waals surface area contributed by atoms with E-state index in [4.69, 9.17) is 17.3 Å². The summed E-state index contributed by atoms with van der Waals surface area (Å²) in [6.07, 6.45) is 5.49. The van der Waals surface area contributed by atoms with Crippen molar-refractivity contribution >= 4 is 35.6 Å². The van der Waals surface area contributed by atoms with E-state index < -0.39 is 0 Å². The summed E-state index contributed by atoms with van der Waals surface area (Å²) >= 11 is 6.16. The molecule has 1 amide bonds. The second-order valence-corrected chi connectivity index (χ2v) is 5.59. The molecule has 2 N–H and O–H groups in total. The van der Waals surface area contributed by atoms with Gasteiger partial charge in [0.1, 0.15) is 0 Å². The molecule has 0 saturated carbocycles. The molecule has 0 aliphatic carbocycles. The van der Waals surface area contributed by atoms with Crippen LogP contribution in [0.15, 0.2) is 42.7 Å². The molecule has 1 aromatic heterocycles. The van der Waals surface area contributed by atoms with Crippen molar-refractivity contribution in [3.8, 4) is 0 Å². The van der Waals surface area contributed by atoms with Crippen LogP contribution in [0.4, 0.5) is 5.69 Å². The lowest BCUT2D eigenvalue weighted by Crippen LogP contribution is -2.30. The van der Waals surface area contributed by atoms with Gasteiger partial charge in [-0.15, -0.1) is 12.4 Å². The van der Waals surface area contributed by atoms with Gasteiger partial charge in [0, 0.05) is 24.6 Å². The Morgan fingerprint density at radius 1 is 1.36 bits per heavy atom. The number of hydrogen-bond acceptors (Lipinski definition) is 3. The van der Waals surface area contributed by atoms with Gasteiger partial charge in [0.25, 0.3) is 5.91 Å². The van der Waals surface area contributed by atoms with Crippen molar-refractivity contribution in [2.24, 2.45) is 0 Å². The smallest absolute Gasteiger partial charge is 0.255 e. The highest BCUT2D eigenvalue weighted by atomic mass is 35.5. The third-order valence-electron chi connectivity index (χ3n) is 3.81. The summed E-state index contributed by atoms with van der Waals surface area (Å²) in [5.74, 6) is -0.0497. The maximum atomic E-state index is 12.7. The second kappa shape index (κ2) is 6.99. The minimum absolute atomic E-state index is 0. The Hall–Kier alpha value is -1.78. The maximum Gasteiger partial charge on any atom is 0.255 e. The molecule has 0 bridgehead atoms. The normalized spacial score (nSPS) is 17.1. The molecule has 0 radical (unpaired) electrons. The molecule has 1 saturated heterocycles. The lowest BCUT2D eigenvalue weighted by Gasteiger charge is -2.25. The van der Waals surface area contributed by atoms with Gasteiger partial charge in [0.15, 0.2) is 0 Å². The van der Waals surface area contributed by atoms with Gasteiger partial charge in [-0.1, -0.05) is 17.7 Å². The van der Waals surface area contributed by atoms with E-state index in [2.05, 4.69) is 4.98 Å². The molecule has 1 atom stereocenters. The predicted molar refractivity (Wildman–Crippen MR) is 90.4 cm³/mol. The number of halogens is 2. The van der Waals surface area contributed by atoms with Crippen LogP contribution in [0, 0.1) is 0 Å². The average molecular weight is 338 g/mol. The highest BCUT2D eigenvalue weighted by molar-refractivity contribution is 6.34. The van der Waals surface area contributed by atoms with Gasteiger partial charge in [-0.2, -0.15) is 0 Å². The van der Waals surface area contributed by atoms with Crippen LogP contribution in [0.1, 0.15) is 34.8 Å². The van der Waals surface area contributed by atoms with Crippen molar-refractivity contribution < 1.29 is 4.79 Å². The largest absolute Gasteiger partial charge is 0.399 e. The van der Waals surface area contributed by atoms with Crippen molar-refractivity contribution in [3.05, 3.63) is 58.9 Å². The van der Waals surface area contributed by atoms with E-state index in [0.29, 0.717) is 16.3 Å². The van der Waals surface area contributed by atoms with Crippen LogP contribution >= 0.6 is 24.0 Å². The number of amides is 1. The van der Waals surface area contributed by atoms with Gasteiger partial charge in [-0.3, -0.25) is 9.78 Å². The fraction of sp³-hybridized carbons (Fsp3) is 0.250. The lowest BCUT2D eigenvalue weighted by atomic mass is 10.1. The lowest BCUT2D eigenvalue weighted by molar-refractivity contribution is 0.0735. The molecule has 6 heteroatoms. The molecule has 1 aliphatic rings. The van der Waals surface area contributed by atoms with E-state index in [-0.39, 0.29) is 24.4 Å². The Bertz CT molecular complexity index is 664. The van der Waals surface area contributed by atoms with Gasteiger partial charge in [-0.05, 0) is 42.7 Å². The third kappa shape index (κ3) is 3.18. The second-order valence-electron chi connectivity index (χ2n) is 5.18. The Kier molecular flexibility index (Phi) is 5.27. The van der Waals surface area contributed by atoms with E-state index in [1.165, 1.54) is 0 Å².